The Morgan fingerprint density at radius 1 is 1.19 bits per heavy atom. The molecule has 1 aromatic rings. The third-order valence-corrected chi connectivity index (χ3v) is 3.55. The van der Waals surface area contributed by atoms with Crippen LogP contribution in [0.15, 0.2) is 29.2 Å². The first kappa shape index (κ1) is 13.1. The molecular weight excluding hydrogens is 230 g/mol. The highest BCUT2D eigenvalue weighted by molar-refractivity contribution is 7.88. The lowest BCUT2D eigenvalue weighted by atomic mass is 10.1. The predicted octanol–water partition coefficient (Wildman–Crippen LogP) is 1.80. The van der Waals surface area contributed by atoms with E-state index in [9.17, 15) is 8.42 Å². The molecule has 0 heterocycles. The van der Waals surface area contributed by atoms with Gasteiger partial charge in [0.2, 0.25) is 0 Å². The fourth-order valence-electron chi connectivity index (χ4n) is 1.30. The maximum atomic E-state index is 11.3. The summed E-state index contributed by atoms with van der Waals surface area (Å²) in [5.74, 6) is 0. The van der Waals surface area contributed by atoms with Gasteiger partial charge < -0.3 is 0 Å². The molecule has 0 aromatic heterocycles. The fraction of sp³-hybridized carbons (Fsp3) is 0.400. The maximum Gasteiger partial charge on any atom is 0.288 e. The van der Waals surface area contributed by atoms with Crippen molar-refractivity contribution >= 4 is 10.0 Å². The van der Waals surface area contributed by atoms with Gasteiger partial charge >= 0.3 is 0 Å². The molecule has 0 spiro atoms. The lowest BCUT2D eigenvalue weighted by Gasteiger charge is -2.08. The summed E-state index contributed by atoms with van der Waals surface area (Å²) < 4.78 is 21.8. The largest absolute Gasteiger partial charge is 0.288 e. The van der Waals surface area contributed by atoms with E-state index in [2.05, 4.69) is 6.92 Å². The highest BCUT2D eigenvalue weighted by atomic mass is 32.2. The summed E-state index contributed by atoms with van der Waals surface area (Å²) in [6.45, 7) is 2.08. The molecule has 0 unspecified atom stereocenters. The van der Waals surface area contributed by atoms with E-state index in [0.29, 0.717) is 0 Å². The Morgan fingerprint density at radius 3 is 2.19 bits per heavy atom. The molecule has 0 saturated heterocycles. The van der Waals surface area contributed by atoms with Crippen LogP contribution in [0.3, 0.4) is 0 Å². The van der Waals surface area contributed by atoms with Crippen LogP contribution in [-0.2, 0) is 16.4 Å². The van der Waals surface area contributed by atoms with E-state index in [1.54, 1.807) is 12.1 Å². The fourth-order valence-corrected chi connectivity index (χ4v) is 1.97. The SMILES string of the molecule is CCCCc1ccc(S(=O)(=O)N(O)O)cc1. The molecule has 0 fully saturated rings. The molecule has 0 aliphatic heterocycles. The van der Waals surface area contributed by atoms with Gasteiger partial charge in [0.25, 0.3) is 10.0 Å². The van der Waals surface area contributed by atoms with Crippen LogP contribution in [0.5, 0.6) is 0 Å². The number of benzene rings is 1. The number of hydrogen-bond donors (Lipinski definition) is 2. The van der Waals surface area contributed by atoms with E-state index in [4.69, 9.17) is 10.4 Å². The zero-order chi connectivity index (χ0) is 12.2. The Labute approximate surface area is 94.9 Å². The number of rotatable bonds is 5. The molecule has 0 radical (unpaired) electrons. The highest BCUT2D eigenvalue weighted by Crippen LogP contribution is 2.14. The van der Waals surface area contributed by atoms with Crippen LogP contribution >= 0.6 is 0 Å². The third kappa shape index (κ3) is 3.02. The van der Waals surface area contributed by atoms with Gasteiger partial charge in [0.1, 0.15) is 0 Å². The third-order valence-electron chi connectivity index (χ3n) is 2.26. The maximum absolute atomic E-state index is 11.3. The van der Waals surface area contributed by atoms with E-state index in [-0.39, 0.29) is 4.90 Å². The molecule has 1 rings (SSSR count). The van der Waals surface area contributed by atoms with E-state index in [1.165, 1.54) is 12.1 Å². The second kappa shape index (κ2) is 5.40. The number of sulfonamides is 1. The first-order valence-corrected chi connectivity index (χ1v) is 6.44. The number of unbranched alkanes of at least 4 members (excludes halogenated alkanes) is 1. The van der Waals surface area contributed by atoms with Crippen molar-refractivity contribution in [3.63, 3.8) is 0 Å². The summed E-state index contributed by atoms with van der Waals surface area (Å²) >= 11 is 0. The zero-order valence-corrected chi connectivity index (χ0v) is 9.81. The molecule has 0 aliphatic carbocycles. The molecular formula is C10H15NO4S. The molecule has 5 nitrogen and oxygen atoms in total. The van der Waals surface area contributed by atoms with Crippen molar-refractivity contribution in [1.29, 1.82) is 0 Å². The topological polar surface area (TPSA) is 77.8 Å². The summed E-state index contributed by atoms with van der Waals surface area (Å²) in [7, 11) is -4.17. The van der Waals surface area contributed by atoms with Gasteiger partial charge in [-0.3, -0.25) is 10.4 Å². The Bertz CT molecular complexity index is 425. The van der Waals surface area contributed by atoms with E-state index in [0.717, 1.165) is 24.8 Å². The predicted molar refractivity (Wildman–Crippen MR) is 57.7 cm³/mol. The molecule has 0 amide bonds. The van der Waals surface area contributed by atoms with Crippen LogP contribution in [0.2, 0.25) is 0 Å². The normalized spacial score (nSPS) is 12.0. The van der Waals surface area contributed by atoms with Crippen molar-refractivity contribution in [2.75, 3.05) is 0 Å². The molecule has 0 bridgehead atoms. The van der Waals surface area contributed by atoms with Crippen LogP contribution in [0, 0.1) is 0 Å². The molecule has 0 atom stereocenters. The van der Waals surface area contributed by atoms with Crippen molar-refractivity contribution in [2.45, 2.75) is 31.1 Å². The van der Waals surface area contributed by atoms with E-state index >= 15 is 0 Å². The summed E-state index contributed by atoms with van der Waals surface area (Å²) in [5.41, 5.74) is 1.03. The van der Waals surface area contributed by atoms with Crippen molar-refractivity contribution in [3.05, 3.63) is 29.8 Å². The first-order valence-electron chi connectivity index (χ1n) is 5.00. The zero-order valence-electron chi connectivity index (χ0n) is 9.00. The minimum absolute atomic E-state index is 0.141. The van der Waals surface area contributed by atoms with E-state index < -0.39 is 14.7 Å². The van der Waals surface area contributed by atoms with Crippen molar-refractivity contribution < 1.29 is 18.8 Å². The summed E-state index contributed by atoms with van der Waals surface area (Å²) in [4.78, 5) is -0.141. The van der Waals surface area contributed by atoms with Gasteiger partial charge in [-0.15, -0.1) is 0 Å². The molecule has 1 aromatic carbocycles. The lowest BCUT2D eigenvalue weighted by Crippen LogP contribution is -2.23. The molecule has 6 heteroatoms. The molecule has 16 heavy (non-hydrogen) atoms. The van der Waals surface area contributed by atoms with Crippen LogP contribution in [0.1, 0.15) is 25.3 Å². The average Bonchev–Trinajstić information content (AvgIpc) is 2.26. The minimum atomic E-state index is -4.17. The lowest BCUT2D eigenvalue weighted by molar-refractivity contribution is -0.226. The Hall–Kier alpha value is -0.950. The number of hydrogen-bond acceptors (Lipinski definition) is 4. The summed E-state index contributed by atoms with van der Waals surface area (Å²) in [6.07, 6.45) is 3.00. The molecule has 2 N–H and O–H groups in total. The van der Waals surface area contributed by atoms with Crippen molar-refractivity contribution in [2.24, 2.45) is 0 Å². The standard InChI is InChI=1S/C10H15NO4S/c1-2-3-4-9-5-7-10(8-6-9)16(14,15)11(12)13/h5-8,12-13H,2-4H2,1H3. The second-order valence-corrected chi connectivity index (χ2v) is 5.22. The van der Waals surface area contributed by atoms with Crippen molar-refractivity contribution in [1.82, 2.24) is 4.63 Å². The number of nitrogens with zero attached hydrogens (tertiary/aromatic N) is 1. The first-order chi connectivity index (χ1) is 7.48. The van der Waals surface area contributed by atoms with Gasteiger partial charge in [0.05, 0.1) is 9.53 Å². The average molecular weight is 245 g/mol. The summed E-state index contributed by atoms with van der Waals surface area (Å²) in [5, 5.41) is 17.1. The Kier molecular flexibility index (Phi) is 4.43. The monoisotopic (exact) mass is 245 g/mol. The molecule has 0 saturated carbocycles. The van der Waals surface area contributed by atoms with Crippen LogP contribution in [0.4, 0.5) is 0 Å². The minimum Gasteiger partial charge on any atom is -0.276 e. The van der Waals surface area contributed by atoms with Gasteiger partial charge in [-0.2, -0.15) is 0 Å². The Balaban J connectivity index is 2.87. The van der Waals surface area contributed by atoms with Gasteiger partial charge in [-0.25, -0.2) is 8.42 Å². The smallest absolute Gasteiger partial charge is 0.276 e. The molecule has 90 valence electrons. The van der Waals surface area contributed by atoms with Crippen LogP contribution < -0.4 is 0 Å². The second-order valence-electron chi connectivity index (χ2n) is 3.48. The summed E-state index contributed by atoms with van der Waals surface area (Å²) in [6, 6.07) is 6.07. The van der Waals surface area contributed by atoms with Gasteiger partial charge in [0, 0.05) is 0 Å². The quantitative estimate of drug-likeness (QED) is 0.775. The van der Waals surface area contributed by atoms with E-state index in [1.807, 2.05) is 0 Å². The van der Waals surface area contributed by atoms with Gasteiger partial charge in [0.15, 0.2) is 0 Å². The van der Waals surface area contributed by atoms with Crippen LogP contribution in [-0.4, -0.2) is 23.5 Å². The van der Waals surface area contributed by atoms with Gasteiger partial charge in [-0.1, -0.05) is 25.5 Å². The highest BCUT2D eigenvalue weighted by Gasteiger charge is 2.20. The molecule has 0 aliphatic rings. The number of aryl methyl sites for hydroxylation is 1. The van der Waals surface area contributed by atoms with Crippen LogP contribution in [0.25, 0.3) is 0 Å². The van der Waals surface area contributed by atoms with Gasteiger partial charge in [-0.05, 0) is 30.5 Å². The Morgan fingerprint density at radius 2 is 1.75 bits per heavy atom. The van der Waals surface area contributed by atoms with Crippen molar-refractivity contribution in [3.8, 4) is 0 Å².